The molecule has 4 aromatic rings. The zero-order valence-corrected chi connectivity index (χ0v) is 17.9. The molecule has 1 aliphatic rings. The molecule has 0 saturated carbocycles. The molecule has 0 bridgehead atoms. The first-order valence-corrected chi connectivity index (χ1v) is 10.5. The number of nitro groups is 1. The Bertz CT molecular complexity index is 1440. The van der Waals surface area contributed by atoms with Crippen molar-refractivity contribution in [3.8, 4) is 0 Å². The van der Waals surface area contributed by atoms with E-state index in [-0.39, 0.29) is 11.6 Å². The molecule has 0 fully saturated rings. The van der Waals surface area contributed by atoms with Crippen molar-refractivity contribution in [1.82, 2.24) is 9.97 Å². The predicted octanol–water partition coefficient (Wildman–Crippen LogP) is 5.42. The van der Waals surface area contributed by atoms with Gasteiger partial charge in [0.05, 0.1) is 28.2 Å². The summed E-state index contributed by atoms with van der Waals surface area (Å²) in [5, 5.41) is 17.6. The van der Waals surface area contributed by atoms with Gasteiger partial charge in [-0.25, -0.2) is 4.98 Å². The maximum absolute atomic E-state index is 13.0. The first-order chi connectivity index (χ1) is 16.6. The fourth-order valence-electron chi connectivity index (χ4n) is 3.81. The van der Waals surface area contributed by atoms with Crippen LogP contribution >= 0.6 is 0 Å². The van der Waals surface area contributed by atoms with E-state index in [1.165, 1.54) is 12.1 Å². The van der Waals surface area contributed by atoms with E-state index in [0.717, 1.165) is 22.5 Å². The normalized spacial score (nSPS) is 14.1. The molecule has 1 amide bonds. The second-order valence-corrected chi connectivity index (χ2v) is 7.64. The number of nitro benzene ring substituents is 1. The molecule has 34 heavy (non-hydrogen) atoms. The molecule has 8 nitrogen and oxygen atoms in total. The topological polar surface area (TPSA) is 113 Å². The highest BCUT2D eigenvalue weighted by atomic mass is 16.6. The molecule has 5 rings (SSSR count). The van der Waals surface area contributed by atoms with Crippen LogP contribution in [0.1, 0.15) is 22.4 Å². The summed E-state index contributed by atoms with van der Waals surface area (Å²) in [4.78, 5) is 31.0. The van der Waals surface area contributed by atoms with E-state index in [1.807, 2.05) is 66.7 Å². The van der Waals surface area contributed by atoms with E-state index in [2.05, 4.69) is 20.6 Å². The summed E-state index contributed by atoms with van der Waals surface area (Å²) in [6.07, 6.45) is 7.25. The Hall–Kier alpha value is -4.98. The fourth-order valence-corrected chi connectivity index (χ4v) is 3.81. The SMILES string of the molecule is O=C1Nc2ccc([N+](=O)[O-])cc2/C1=C(/Nc1cccc(/C=C/c2c[nH]cn2)c1)c1ccccc1. The van der Waals surface area contributed by atoms with Crippen molar-refractivity contribution in [3.63, 3.8) is 0 Å². The van der Waals surface area contributed by atoms with Crippen molar-refractivity contribution < 1.29 is 9.72 Å². The number of non-ortho nitro benzene ring substituents is 1. The summed E-state index contributed by atoms with van der Waals surface area (Å²) in [6, 6.07) is 21.5. The van der Waals surface area contributed by atoms with Gasteiger partial charge < -0.3 is 15.6 Å². The average molecular weight is 449 g/mol. The maximum atomic E-state index is 13.0. The molecule has 0 saturated heterocycles. The van der Waals surface area contributed by atoms with Crippen LogP contribution in [0.15, 0.2) is 85.3 Å². The number of fused-ring (bicyclic) bond motifs is 1. The largest absolute Gasteiger partial charge is 0.354 e. The summed E-state index contributed by atoms with van der Waals surface area (Å²) in [5.74, 6) is -0.323. The summed E-state index contributed by atoms with van der Waals surface area (Å²) >= 11 is 0. The van der Waals surface area contributed by atoms with Crippen LogP contribution in [0, 0.1) is 10.1 Å². The van der Waals surface area contributed by atoms with Gasteiger partial charge >= 0.3 is 0 Å². The van der Waals surface area contributed by atoms with E-state index >= 15 is 0 Å². The number of rotatable bonds is 6. The van der Waals surface area contributed by atoms with Crippen LogP contribution in [0.25, 0.3) is 23.4 Å². The minimum absolute atomic E-state index is 0.0781. The Morgan fingerprint density at radius 2 is 1.85 bits per heavy atom. The number of amides is 1. The van der Waals surface area contributed by atoms with Crippen molar-refractivity contribution in [3.05, 3.63) is 118 Å². The lowest BCUT2D eigenvalue weighted by Gasteiger charge is -2.15. The molecule has 0 atom stereocenters. The lowest BCUT2D eigenvalue weighted by atomic mass is 9.99. The number of aromatic amines is 1. The van der Waals surface area contributed by atoms with Crippen LogP contribution in [0.2, 0.25) is 0 Å². The van der Waals surface area contributed by atoms with Crippen molar-refractivity contribution in [2.45, 2.75) is 0 Å². The molecular formula is C26H19N5O3. The van der Waals surface area contributed by atoms with Crippen LogP contribution in [-0.4, -0.2) is 20.8 Å². The third-order valence-electron chi connectivity index (χ3n) is 5.39. The molecule has 0 spiro atoms. The third kappa shape index (κ3) is 4.20. The second kappa shape index (κ2) is 8.87. The van der Waals surface area contributed by atoms with Gasteiger partial charge in [-0.2, -0.15) is 0 Å². The smallest absolute Gasteiger partial charge is 0.270 e. The first-order valence-electron chi connectivity index (χ1n) is 10.5. The number of benzene rings is 3. The Morgan fingerprint density at radius 1 is 1.00 bits per heavy atom. The van der Waals surface area contributed by atoms with Gasteiger partial charge in [-0.3, -0.25) is 14.9 Å². The lowest BCUT2D eigenvalue weighted by molar-refractivity contribution is -0.384. The minimum atomic E-state index is -0.467. The standard InChI is InChI=1S/C26H19N5O3/c32-26-24(22-14-21(31(33)34)11-12-23(22)30-26)25(18-6-2-1-3-7-18)29-19-8-4-5-17(13-19)9-10-20-15-27-16-28-20/h1-16,29H,(H,27,28)(H,30,32)/b10-9+,25-24-. The Kier molecular flexibility index (Phi) is 5.45. The van der Waals surface area contributed by atoms with Gasteiger partial charge in [0.2, 0.25) is 0 Å². The van der Waals surface area contributed by atoms with E-state index in [9.17, 15) is 14.9 Å². The van der Waals surface area contributed by atoms with Gasteiger partial charge in [-0.1, -0.05) is 48.5 Å². The number of H-pyrrole nitrogens is 1. The quantitative estimate of drug-likeness (QED) is 0.207. The summed E-state index contributed by atoms with van der Waals surface area (Å²) in [7, 11) is 0. The summed E-state index contributed by atoms with van der Waals surface area (Å²) in [6.45, 7) is 0. The third-order valence-corrected chi connectivity index (χ3v) is 5.39. The van der Waals surface area contributed by atoms with E-state index in [4.69, 9.17) is 0 Å². The number of hydrogen-bond donors (Lipinski definition) is 3. The molecule has 1 aromatic heterocycles. The number of carbonyl (C=O) groups is 1. The first kappa shape index (κ1) is 20.9. The molecule has 2 heterocycles. The van der Waals surface area contributed by atoms with Gasteiger partial charge in [-0.05, 0) is 35.4 Å². The lowest BCUT2D eigenvalue weighted by Crippen LogP contribution is -2.10. The van der Waals surface area contributed by atoms with Gasteiger partial charge in [0.1, 0.15) is 0 Å². The number of nitrogens with zero attached hydrogens (tertiary/aromatic N) is 2. The van der Waals surface area contributed by atoms with E-state index < -0.39 is 4.92 Å². The molecule has 3 N–H and O–H groups in total. The molecule has 3 aromatic carbocycles. The van der Waals surface area contributed by atoms with Crippen LogP contribution in [-0.2, 0) is 4.79 Å². The van der Waals surface area contributed by atoms with Crippen molar-refractivity contribution in [1.29, 1.82) is 0 Å². The van der Waals surface area contributed by atoms with Crippen LogP contribution in [0.5, 0.6) is 0 Å². The number of carbonyl (C=O) groups excluding carboxylic acids is 1. The molecule has 0 radical (unpaired) electrons. The molecule has 1 aliphatic heterocycles. The number of aromatic nitrogens is 2. The maximum Gasteiger partial charge on any atom is 0.270 e. The summed E-state index contributed by atoms with van der Waals surface area (Å²) < 4.78 is 0. The highest BCUT2D eigenvalue weighted by molar-refractivity contribution is 6.37. The molecule has 0 aliphatic carbocycles. The van der Waals surface area contributed by atoms with Crippen LogP contribution in [0.3, 0.4) is 0 Å². The van der Waals surface area contributed by atoms with Crippen LogP contribution in [0.4, 0.5) is 17.1 Å². The Labute approximate surface area is 194 Å². The Balaban J connectivity index is 1.59. The molecular weight excluding hydrogens is 430 g/mol. The van der Waals surface area contributed by atoms with Gasteiger partial charge in [0.15, 0.2) is 0 Å². The second-order valence-electron chi connectivity index (χ2n) is 7.64. The predicted molar refractivity (Wildman–Crippen MR) is 133 cm³/mol. The Morgan fingerprint density at radius 3 is 2.62 bits per heavy atom. The molecule has 0 unspecified atom stereocenters. The number of nitrogens with one attached hydrogen (secondary N) is 3. The number of hydrogen-bond acceptors (Lipinski definition) is 5. The van der Waals surface area contributed by atoms with Crippen molar-refractivity contribution in [2.75, 3.05) is 10.6 Å². The van der Waals surface area contributed by atoms with Crippen LogP contribution < -0.4 is 10.6 Å². The van der Waals surface area contributed by atoms with Crippen molar-refractivity contribution >= 4 is 46.4 Å². The average Bonchev–Trinajstić information content (AvgIpc) is 3.49. The number of anilines is 2. The van der Waals surface area contributed by atoms with Gasteiger partial charge in [0.25, 0.3) is 11.6 Å². The molecule has 8 heteroatoms. The molecule has 166 valence electrons. The monoisotopic (exact) mass is 449 g/mol. The highest BCUT2D eigenvalue weighted by Gasteiger charge is 2.30. The zero-order chi connectivity index (χ0) is 23.5. The fraction of sp³-hybridized carbons (Fsp3) is 0. The minimum Gasteiger partial charge on any atom is -0.354 e. The number of imidazole rings is 1. The van der Waals surface area contributed by atoms with Gasteiger partial charge in [-0.15, -0.1) is 0 Å². The zero-order valence-electron chi connectivity index (χ0n) is 17.9. The highest BCUT2D eigenvalue weighted by Crippen LogP contribution is 2.39. The van der Waals surface area contributed by atoms with E-state index in [1.54, 1.807) is 18.6 Å². The van der Waals surface area contributed by atoms with Crippen molar-refractivity contribution in [2.24, 2.45) is 0 Å². The summed E-state index contributed by atoms with van der Waals surface area (Å²) in [5.41, 5.74) is 5.16. The van der Waals surface area contributed by atoms with E-state index in [0.29, 0.717) is 22.5 Å². The van der Waals surface area contributed by atoms with Gasteiger partial charge in [0, 0.05) is 35.3 Å².